The molecule has 100 valence electrons. The summed E-state index contributed by atoms with van der Waals surface area (Å²) in [6.07, 6.45) is 2.23. The van der Waals surface area contributed by atoms with Crippen molar-refractivity contribution in [2.75, 3.05) is 11.9 Å². The second-order valence-electron chi connectivity index (χ2n) is 5.16. The molecule has 1 aromatic carbocycles. The Labute approximate surface area is 116 Å². The average Bonchev–Trinajstić information content (AvgIpc) is 3.20. The summed E-state index contributed by atoms with van der Waals surface area (Å²) in [5.74, 6) is 0.828. The predicted molar refractivity (Wildman–Crippen MR) is 71.8 cm³/mol. The molecule has 1 aliphatic heterocycles. The summed E-state index contributed by atoms with van der Waals surface area (Å²) in [4.78, 5) is 23.6. The highest BCUT2D eigenvalue weighted by Crippen LogP contribution is 2.40. The molecule has 1 atom stereocenters. The molecule has 1 amide bonds. The Balaban J connectivity index is 1.93. The highest BCUT2D eigenvalue weighted by molar-refractivity contribution is 6.34. The topological polar surface area (TPSA) is 55.4 Å². The number of amides is 1. The van der Waals surface area contributed by atoms with Gasteiger partial charge in [0.2, 0.25) is 0 Å². The third-order valence-electron chi connectivity index (χ3n) is 3.71. The summed E-state index contributed by atoms with van der Waals surface area (Å²) in [5.41, 5.74) is 1.01. The fourth-order valence-electron chi connectivity index (χ4n) is 2.34. The van der Waals surface area contributed by atoms with E-state index in [1.807, 2.05) is 6.92 Å². The van der Waals surface area contributed by atoms with E-state index in [0.717, 1.165) is 12.8 Å². The van der Waals surface area contributed by atoms with Crippen LogP contribution in [-0.4, -0.2) is 18.3 Å². The van der Waals surface area contributed by atoms with Gasteiger partial charge in [-0.3, -0.25) is 9.59 Å². The van der Waals surface area contributed by atoms with E-state index in [0.29, 0.717) is 27.9 Å². The van der Waals surface area contributed by atoms with Crippen molar-refractivity contribution in [3.63, 3.8) is 0 Å². The first-order valence-electron chi connectivity index (χ1n) is 6.36. The molecule has 1 N–H and O–H groups in total. The lowest BCUT2D eigenvalue weighted by atomic mass is 9.94. The number of hydrogen-bond acceptors (Lipinski definition) is 3. The van der Waals surface area contributed by atoms with E-state index in [1.165, 1.54) is 0 Å². The van der Waals surface area contributed by atoms with Crippen LogP contribution in [-0.2, 0) is 4.79 Å². The summed E-state index contributed by atoms with van der Waals surface area (Å²) in [7, 11) is 0. The Hall–Kier alpha value is -1.55. The Morgan fingerprint density at radius 1 is 1.47 bits per heavy atom. The second-order valence-corrected chi connectivity index (χ2v) is 5.56. The van der Waals surface area contributed by atoms with E-state index < -0.39 is 0 Å². The maximum Gasteiger partial charge on any atom is 0.262 e. The van der Waals surface area contributed by atoms with Crippen LogP contribution < -0.4 is 10.1 Å². The zero-order valence-electron chi connectivity index (χ0n) is 10.5. The third kappa shape index (κ3) is 2.32. The number of benzene rings is 1. The number of fused-ring (bicyclic) bond motifs is 1. The molecule has 0 aromatic heterocycles. The molecular weight excluding hydrogens is 266 g/mol. The molecule has 3 rings (SSSR count). The first-order valence-corrected chi connectivity index (χ1v) is 6.74. The standard InChI is InChI=1S/C14H14ClNO3/c1-7(8-2-3-8)14(18)9-4-12-11(5-10(9)15)16-13(17)6-19-12/h4-5,7-8H,2-3,6H2,1H3,(H,16,17). The summed E-state index contributed by atoms with van der Waals surface area (Å²) >= 11 is 6.15. The summed E-state index contributed by atoms with van der Waals surface area (Å²) in [5, 5.41) is 3.03. The Morgan fingerprint density at radius 2 is 2.21 bits per heavy atom. The summed E-state index contributed by atoms with van der Waals surface area (Å²) in [6.45, 7) is 1.92. The van der Waals surface area contributed by atoms with Crippen LogP contribution in [0.3, 0.4) is 0 Å². The maximum absolute atomic E-state index is 12.4. The van der Waals surface area contributed by atoms with E-state index in [2.05, 4.69) is 5.32 Å². The lowest BCUT2D eigenvalue weighted by Gasteiger charge is -2.20. The fourth-order valence-corrected chi connectivity index (χ4v) is 2.60. The first kappa shape index (κ1) is 12.5. The molecule has 4 nitrogen and oxygen atoms in total. The molecule has 1 unspecified atom stereocenters. The highest BCUT2D eigenvalue weighted by Gasteiger charge is 2.34. The van der Waals surface area contributed by atoms with E-state index in [4.69, 9.17) is 16.3 Å². The highest BCUT2D eigenvalue weighted by atomic mass is 35.5. The van der Waals surface area contributed by atoms with Crippen LogP contribution in [0.1, 0.15) is 30.1 Å². The van der Waals surface area contributed by atoms with Crippen molar-refractivity contribution >= 4 is 29.0 Å². The molecule has 1 aromatic rings. The Bertz CT molecular complexity index is 566. The normalized spacial score (nSPS) is 19.2. The number of carbonyl (C=O) groups excluding carboxylic acids is 2. The van der Waals surface area contributed by atoms with Gasteiger partial charge >= 0.3 is 0 Å². The number of Topliss-reactive ketones (excluding diaryl/α,β-unsaturated/α-hetero) is 1. The molecule has 5 heteroatoms. The fraction of sp³-hybridized carbons (Fsp3) is 0.429. The van der Waals surface area contributed by atoms with Gasteiger partial charge in [-0.2, -0.15) is 0 Å². The maximum atomic E-state index is 12.4. The average molecular weight is 280 g/mol. The van der Waals surface area contributed by atoms with Crippen LogP contribution in [0, 0.1) is 11.8 Å². The number of hydrogen-bond donors (Lipinski definition) is 1. The number of nitrogens with one attached hydrogen (secondary N) is 1. The molecular formula is C14H14ClNO3. The molecule has 1 heterocycles. The van der Waals surface area contributed by atoms with Crippen LogP contribution in [0.25, 0.3) is 0 Å². The Kier molecular flexibility index (Phi) is 2.97. The van der Waals surface area contributed by atoms with Gasteiger partial charge in [-0.25, -0.2) is 0 Å². The molecule has 1 aliphatic carbocycles. The van der Waals surface area contributed by atoms with Crippen molar-refractivity contribution in [2.45, 2.75) is 19.8 Å². The van der Waals surface area contributed by atoms with Crippen molar-refractivity contribution in [3.05, 3.63) is 22.7 Å². The van der Waals surface area contributed by atoms with Crippen molar-refractivity contribution in [1.29, 1.82) is 0 Å². The third-order valence-corrected chi connectivity index (χ3v) is 4.02. The van der Waals surface area contributed by atoms with Crippen LogP contribution in [0.2, 0.25) is 5.02 Å². The first-order chi connectivity index (χ1) is 9.06. The monoisotopic (exact) mass is 279 g/mol. The number of anilines is 1. The smallest absolute Gasteiger partial charge is 0.262 e. The number of carbonyl (C=O) groups is 2. The van der Waals surface area contributed by atoms with Gasteiger partial charge in [0.15, 0.2) is 12.4 Å². The van der Waals surface area contributed by atoms with Gasteiger partial charge in [0.1, 0.15) is 5.75 Å². The van der Waals surface area contributed by atoms with Crippen LogP contribution in [0.15, 0.2) is 12.1 Å². The predicted octanol–water partition coefficient (Wildman–Crippen LogP) is 2.90. The lowest BCUT2D eigenvalue weighted by molar-refractivity contribution is -0.118. The van der Waals surface area contributed by atoms with Crippen molar-refractivity contribution in [1.82, 2.24) is 0 Å². The summed E-state index contributed by atoms with van der Waals surface area (Å²) in [6, 6.07) is 3.22. The molecule has 0 spiro atoms. The number of ketones is 1. The molecule has 0 saturated heterocycles. The van der Waals surface area contributed by atoms with Gasteiger partial charge in [0.25, 0.3) is 5.91 Å². The van der Waals surface area contributed by atoms with Crippen molar-refractivity contribution < 1.29 is 14.3 Å². The number of ether oxygens (including phenoxy) is 1. The molecule has 19 heavy (non-hydrogen) atoms. The van der Waals surface area contributed by atoms with Gasteiger partial charge < -0.3 is 10.1 Å². The molecule has 2 aliphatic rings. The van der Waals surface area contributed by atoms with E-state index >= 15 is 0 Å². The zero-order chi connectivity index (χ0) is 13.6. The lowest BCUT2D eigenvalue weighted by Crippen LogP contribution is -2.26. The number of rotatable bonds is 3. The minimum Gasteiger partial charge on any atom is -0.482 e. The van der Waals surface area contributed by atoms with Crippen LogP contribution >= 0.6 is 11.6 Å². The van der Waals surface area contributed by atoms with Crippen molar-refractivity contribution in [2.24, 2.45) is 11.8 Å². The quantitative estimate of drug-likeness (QED) is 0.866. The van der Waals surface area contributed by atoms with Gasteiger partial charge in [0.05, 0.1) is 10.7 Å². The second kappa shape index (κ2) is 4.53. The zero-order valence-corrected chi connectivity index (χ0v) is 11.3. The van der Waals surface area contributed by atoms with Crippen molar-refractivity contribution in [3.8, 4) is 5.75 Å². The van der Waals surface area contributed by atoms with Gasteiger partial charge in [-0.1, -0.05) is 18.5 Å². The van der Waals surface area contributed by atoms with E-state index in [1.54, 1.807) is 12.1 Å². The number of halogens is 1. The summed E-state index contributed by atoms with van der Waals surface area (Å²) < 4.78 is 5.31. The molecule has 0 radical (unpaired) electrons. The van der Waals surface area contributed by atoms with Crippen LogP contribution in [0.5, 0.6) is 5.75 Å². The molecule has 0 bridgehead atoms. The molecule has 1 saturated carbocycles. The van der Waals surface area contributed by atoms with Gasteiger partial charge in [0, 0.05) is 11.5 Å². The molecule has 1 fully saturated rings. The minimum atomic E-state index is -0.214. The largest absolute Gasteiger partial charge is 0.482 e. The Morgan fingerprint density at radius 3 is 2.89 bits per heavy atom. The van der Waals surface area contributed by atoms with E-state index in [9.17, 15) is 9.59 Å². The van der Waals surface area contributed by atoms with Gasteiger partial charge in [-0.15, -0.1) is 0 Å². The van der Waals surface area contributed by atoms with Gasteiger partial charge in [-0.05, 0) is 30.9 Å². The van der Waals surface area contributed by atoms with E-state index in [-0.39, 0.29) is 24.2 Å². The van der Waals surface area contributed by atoms with Crippen LogP contribution in [0.4, 0.5) is 5.69 Å². The SMILES string of the molecule is CC(C(=O)c1cc2c(cc1Cl)NC(=O)CO2)C1CC1. The minimum absolute atomic E-state index is 0.00580.